The van der Waals surface area contributed by atoms with E-state index >= 15 is 0 Å². The summed E-state index contributed by atoms with van der Waals surface area (Å²) < 4.78 is 4.36. The first-order chi connectivity index (χ1) is 6.66. The number of hydrogen-bond donors (Lipinski definition) is 0. The Kier molecular flexibility index (Phi) is 3.22. The fourth-order valence-electron chi connectivity index (χ4n) is 1.38. The Morgan fingerprint density at radius 2 is 2.21 bits per heavy atom. The first kappa shape index (κ1) is 10.6. The van der Waals surface area contributed by atoms with E-state index in [0.29, 0.717) is 10.7 Å². The van der Waals surface area contributed by atoms with Crippen LogP contribution >= 0.6 is 27.5 Å². The van der Waals surface area contributed by atoms with Crippen LogP contribution in [0.5, 0.6) is 0 Å². The highest BCUT2D eigenvalue weighted by atomic mass is 79.9. The van der Waals surface area contributed by atoms with Crippen molar-refractivity contribution < 1.29 is 0 Å². The summed E-state index contributed by atoms with van der Waals surface area (Å²) in [5, 5.41) is 1.18. The Morgan fingerprint density at radius 3 is 2.71 bits per heavy atom. The molecule has 0 N–H and O–H groups in total. The molecule has 1 aliphatic carbocycles. The molecule has 0 aromatic carbocycles. The maximum Gasteiger partial charge on any atom is 0.145 e. The van der Waals surface area contributed by atoms with Gasteiger partial charge in [0.2, 0.25) is 0 Å². The molecule has 1 saturated carbocycles. The van der Waals surface area contributed by atoms with Crippen molar-refractivity contribution in [3.8, 4) is 0 Å². The Balaban J connectivity index is 1.95. The molecule has 1 fully saturated rings. The molecule has 2 nitrogen and oxygen atoms in total. The molecule has 0 spiro atoms. The summed E-state index contributed by atoms with van der Waals surface area (Å²) in [6, 6.07) is 0. The zero-order chi connectivity index (χ0) is 10.1. The van der Waals surface area contributed by atoms with Gasteiger partial charge in [0, 0.05) is 17.2 Å². The molecule has 78 valence electrons. The van der Waals surface area contributed by atoms with Crippen molar-refractivity contribution in [3.63, 3.8) is 0 Å². The molecular formula is C10H15BrN2S. The van der Waals surface area contributed by atoms with Crippen LogP contribution in [0, 0.1) is 5.92 Å². The predicted octanol–water partition coefficient (Wildman–Crippen LogP) is 3.38. The molecule has 0 bridgehead atoms. The van der Waals surface area contributed by atoms with Gasteiger partial charge < -0.3 is 0 Å². The number of aromatic nitrogens is 2. The number of alkyl halides is 1. The van der Waals surface area contributed by atoms with Crippen LogP contribution in [-0.2, 0) is 6.42 Å². The Bertz CT molecular complexity index is 307. The maximum absolute atomic E-state index is 4.54. The van der Waals surface area contributed by atoms with Gasteiger partial charge in [-0.3, -0.25) is 0 Å². The highest BCUT2D eigenvalue weighted by molar-refractivity contribution is 9.09. The monoisotopic (exact) mass is 274 g/mol. The second-order valence-electron chi connectivity index (χ2n) is 4.26. The van der Waals surface area contributed by atoms with Crippen LogP contribution in [-0.4, -0.2) is 14.2 Å². The van der Waals surface area contributed by atoms with Crippen molar-refractivity contribution in [2.24, 2.45) is 5.92 Å². The lowest BCUT2D eigenvalue weighted by Crippen LogP contribution is -2.04. The highest BCUT2D eigenvalue weighted by Crippen LogP contribution is 2.38. The van der Waals surface area contributed by atoms with Gasteiger partial charge in [0.1, 0.15) is 10.8 Å². The van der Waals surface area contributed by atoms with Gasteiger partial charge in [0.05, 0.1) is 0 Å². The van der Waals surface area contributed by atoms with E-state index < -0.39 is 0 Å². The third-order valence-corrected chi connectivity index (χ3v) is 4.32. The molecule has 0 radical (unpaired) electrons. The number of halogens is 1. The highest BCUT2D eigenvalue weighted by Gasteiger charge is 2.30. The molecule has 1 heterocycles. The minimum absolute atomic E-state index is 0.453. The summed E-state index contributed by atoms with van der Waals surface area (Å²) in [5.74, 6) is 2.34. The van der Waals surface area contributed by atoms with Crippen LogP contribution in [0.1, 0.15) is 43.4 Å². The van der Waals surface area contributed by atoms with E-state index in [1.165, 1.54) is 17.8 Å². The number of nitrogens with zero attached hydrogens (tertiary/aromatic N) is 2. The van der Waals surface area contributed by atoms with Gasteiger partial charge in [-0.05, 0) is 30.3 Å². The summed E-state index contributed by atoms with van der Waals surface area (Å²) in [5.41, 5.74) is 0. The Labute approximate surface area is 97.4 Å². The van der Waals surface area contributed by atoms with Crippen molar-refractivity contribution in [2.45, 2.75) is 43.9 Å². The molecule has 0 amide bonds. The first-order valence-corrected chi connectivity index (χ1v) is 6.82. The summed E-state index contributed by atoms with van der Waals surface area (Å²) in [6.45, 7) is 4.27. The molecule has 1 unspecified atom stereocenters. The normalized spacial score (nSPS) is 18.9. The molecule has 1 aromatic heterocycles. The van der Waals surface area contributed by atoms with Gasteiger partial charge in [-0.15, -0.1) is 0 Å². The minimum Gasteiger partial charge on any atom is -0.224 e. The zero-order valence-corrected chi connectivity index (χ0v) is 10.9. The molecule has 1 aliphatic rings. The predicted molar refractivity (Wildman–Crippen MR) is 63.1 cm³/mol. The Morgan fingerprint density at radius 1 is 1.50 bits per heavy atom. The first-order valence-electron chi connectivity index (χ1n) is 5.13. The third kappa shape index (κ3) is 2.54. The Hall–Kier alpha value is 0.0400. The van der Waals surface area contributed by atoms with E-state index in [2.05, 4.69) is 39.1 Å². The van der Waals surface area contributed by atoms with E-state index in [9.17, 15) is 0 Å². The summed E-state index contributed by atoms with van der Waals surface area (Å²) in [7, 11) is 0. The quantitative estimate of drug-likeness (QED) is 0.787. The van der Waals surface area contributed by atoms with Gasteiger partial charge in [0.15, 0.2) is 0 Å². The summed E-state index contributed by atoms with van der Waals surface area (Å²) in [6.07, 6.45) is 3.81. The lowest BCUT2D eigenvalue weighted by molar-refractivity contribution is 0.742. The standard InChI is InChI=1S/C10H15BrN2S/c1-6(2)10-12-9(14-13-10)5-8(11)7-3-4-7/h6-8H,3-5H2,1-2H3. The van der Waals surface area contributed by atoms with Crippen molar-refractivity contribution >= 4 is 27.5 Å². The van der Waals surface area contributed by atoms with Crippen LogP contribution < -0.4 is 0 Å². The van der Waals surface area contributed by atoms with E-state index in [-0.39, 0.29) is 0 Å². The van der Waals surface area contributed by atoms with Crippen LogP contribution in [0.2, 0.25) is 0 Å². The molecule has 0 saturated heterocycles. The fourth-order valence-corrected chi connectivity index (χ4v) is 3.27. The van der Waals surface area contributed by atoms with E-state index in [1.54, 1.807) is 11.5 Å². The fraction of sp³-hybridized carbons (Fsp3) is 0.800. The second-order valence-corrected chi connectivity index (χ2v) is 6.27. The lowest BCUT2D eigenvalue weighted by atomic mass is 10.2. The minimum atomic E-state index is 0.453. The molecule has 4 heteroatoms. The average molecular weight is 275 g/mol. The smallest absolute Gasteiger partial charge is 0.145 e. The molecule has 1 aromatic rings. The van der Waals surface area contributed by atoms with Gasteiger partial charge in [-0.25, -0.2) is 4.98 Å². The van der Waals surface area contributed by atoms with Crippen molar-refractivity contribution in [1.82, 2.24) is 9.36 Å². The summed E-state index contributed by atoms with van der Waals surface area (Å²) in [4.78, 5) is 5.16. The lowest BCUT2D eigenvalue weighted by Gasteiger charge is -2.03. The van der Waals surface area contributed by atoms with Gasteiger partial charge in [0.25, 0.3) is 0 Å². The van der Waals surface area contributed by atoms with Crippen LogP contribution in [0.15, 0.2) is 0 Å². The zero-order valence-electron chi connectivity index (χ0n) is 8.53. The molecule has 14 heavy (non-hydrogen) atoms. The van der Waals surface area contributed by atoms with Crippen LogP contribution in [0.25, 0.3) is 0 Å². The van der Waals surface area contributed by atoms with Gasteiger partial charge in [-0.1, -0.05) is 29.8 Å². The van der Waals surface area contributed by atoms with Crippen molar-refractivity contribution in [3.05, 3.63) is 10.8 Å². The topological polar surface area (TPSA) is 25.8 Å². The van der Waals surface area contributed by atoms with Crippen LogP contribution in [0.3, 0.4) is 0 Å². The third-order valence-electron chi connectivity index (χ3n) is 2.50. The molecular weight excluding hydrogens is 260 g/mol. The van der Waals surface area contributed by atoms with Crippen LogP contribution in [0.4, 0.5) is 0 Å². The SMILES string of the molecule is CC(C)c1nsc(CC(Br)C2CC2)n1. The van der Waals surface area contributed by atoms with Crippen molar-refractivity contribution in [2.75, 3.05) is 0 Å². The van der Waals surface area contributed by atoms with Gasteiger partial charge >= 0.3 is 0 Å². The molecule has 2 rings (SSSR count). The van der Waals surface area contributed by atoms with Gasteiger partial charge in [-0.2, -0.15) is 4.37 Å². The second kappa shape index (κ2) is 4.27. The maximum atomic E-state index is 4.54. The van der Waals surface area contributed by atoms with E-state index in [1.807, 2.05) is 0 Å². The largest absolute Gasteiger partial charge is 0.224 e. The number of hydrogen-bond acceptors (Lipinski definition) is 3. The molecule has 1 atom stereocenters. The summed E-state index contributed by atoms with van der Waals surface area (Å²) >= 11 is 5.29. The van der Waals surface area contributed by atoms with Crippen molar-refractivity contribution in [1.29, 1.82) is 0 Å². The number of rotatable bonds is 4. The average Bonchev–Trinajstić information content (AvgIpc) is 2.87. The van der Waals surface area contributed by atoms with E-state index in [4.69, 9.17) is 0 Å². The van der Waals surface area contributed by atoms with E-state index in [0.717, 1.165) is 18.2 Å². The molecule has 0 aliphatic heterocycles.